The molecule has 4 heteroatoms. The first-order valence-electron chi connectivity index (χ1n) is 6.37. The Bertz CT molecular complexity index is 460. The van der Waals surface area contributed by atoms with Crippen LogP contribution in [-0.4, -0.2) is 30.8 Å². The number of hydrogen-bond acceptors (Lipinski definition) is 3. The fraction of sp³-hybridized carbons (Fsp3) is 0.500. The molecule has 1 spiro atoms. The van der Waals surface area contributed by atoms with Gasteiger partial charge in [-0.2, -0.15) is 0 Å². The summed E-state index contributed by atoms with van der Waals surface area (Å²) < 4.78 is 5.19. The van der Waals surface area contributed by atoms with Crippen LogP contribution in [-0.2, 0) is 4.79 Å². The van der Waals surface area contributed by atoms with E-state index in [2.05, 4.69) is 11.0 Å². The third-order valence-electron chi connectivity index (χ3n) is 4.01. The molecule has 1 aliphatic heterocycles. The fourth-order valence-electron chi connectivity index (χ4n) is 2.85. The molecule has 0 radical (unpaired) electrons. The Balaban J connectivity index is 1.62. The third-order valence-corrected chi connectivity index (χ3v) is 4.01. The fourth-order valence-corrected chi connectivity index (χ4v) is 2.85. The van der Waals surface area contributed by atoms with E-state index in [1.807, 2.05) is 12.1 Å². The monoisotopic (exact) mass is 247 g/mol. The molecule has 1 heterocycles. The molecule has 0 amide bonds. The highest BCUT2D eigenvalue weighted by Gasteiger charge is 2.47. The van der Waals surface area contributed by atoms with Crippen molar-refractivity contribution in [1.82, 2.24) is 0 Å². The van der Waals surface area contributed by atoms with Crippen molar-refractivity contribution in [3.8, 4) is 5.75 Å². The van der Waals surface area contributed by atoms with Gasteiger partial charge in [0.25, 0.3) is 0 Å². The Morgan fingerprint density at radius 1 is 1.39 bits per heavy atom. The van der Waals surface area contributed by atoms with Gasteiger partial charge in [0.2, 0.25) is 0 Å². The summed E-state index contributed by atoms with van der Waals surface area (Å²) in [5, 5.41) is 8.58. The zero-order valence-electron chi connectivity index (χ0n) is 10.3. The highest BCUT2D eigenvalue weighted by atomic mass is 16.5. The maximum Gasteiger partial charge on any atom is 0.341 e. The van der Waals surface area contributed by atoms with Crippen LogP contribution in [0.5, 0.6) is 5.75 Å². The summed E-state index contributed by atoms with van der Waals surface area (Å²) >= 11 is 0. The second-order valence-corrected chi connectivity index (χ2v) is 5.39. The number of anilines is 1. The lowest BCUT2D eigenvalue weighted by Crippen LogP contribution is -2.59. The summed E-state index contributed by atoms with van der Waals surface area (Å²) in [6.45, 7) is 1.98. The van der Waals surface area contributed by atoms with Crippen LogP contribution < -0.4 is 9.64 Å². The van der Waals surface area contributed by atoms with E-state index >= 15 is 0 Å². The number of carbonyl (C=O) groups is 1. The highest BCUT2D eigenvalue weighted by Crippen LogP contribution is 2.49. The molecular weight excluding hydrogens is 230 g/mol. The van der Waals surface area contributed by atoms with Crippen LogP contribution in [0.4, 0.5) is 5.69 Å². The van der Waals surface area contributed by atoms with Gasteiger partial charge in [0.05, 0.1) is 0 Å². The van der Waals surface area contributed by atoms with Gasteiger partial charge >= 0.3 is 5.97 Å². The van der Waals surface area contributed by atoms with Crippen molar-refractivity contribution in [1.29, 1.82) is 0 Å². The minimum Gasteiger partial charge on any atom is -0.482 e. The Kier molecular flexibility index (Phi) is 2.65. The van der Waals surface area contributed by atoms with Crippen LogP contribution in [0.3, 0.4) is 0 Å². The topological polar surface area (TPSA) is 49.8 Å². The zero-order valence-corrected chi connectivity index (χ0v) is 10.3. The molecule has 0 bridgehead atoms. The first-order chi connectivity index (χ1) is 8.67. The van der Waals surface area contributed by atoms with Crippen molar-refractivity contribution in [2.24, 2.45) is 5.41 Å². The number of carboxylic acid groups (broad SMARTS) is 1. The van der Waals surface area contributed by atoms with Gasteiger partial charge in [0, 0.05) is 30.3 Å². The molecule has 18 heavy (non-hydrogen) atoms. The van der Waals surface area contributed by atoms with Gasteiger partial charge in [-0.25, -0.2) is 4.79 Å². The molecule has 1 aromatic carbocycles. The normalized spacial score (nSPS) is 20.1. The van der Waals surface area contributed by atoms with Crippen molar-refractivity contribution in [3.63, 3.8) is 0 Å². The number of carboxylic acids is 1. The number of nitrogens with zero attached hydrogens (tertiary/aromatic N) is 1. The Morgan fingerprint density at radius 2 is 2.17 bits per heavy atom. The summed E-state index contributed by atoms with van der Waals surface area (Å²) in [6.07, 6.45) is 4.09. The molecule has 2 fully saturated rings. The molecule has 4 nitrogen and oxygen atoms in total. The van der Waals surface area contributed by atoms with E-state index in [1.54, 1.807) is 6.07 Å². The maximum absolute atomic E-state index is 10.5. The molecule has 3 rings (SSSR count). The van der Waals surface area contributed by atoms with Gasteiger partial charge in [-0.3, -0.25) is 0 Å². The smallest absolute Gasteiger partial charge is 0.341 e. The predicted molar refractivity (Wildman–Crippen MR) is 68.1 cm³/mol. The van der Waals surface area contributed by atoms with Crippen LogP contribution in [0.25, 0.3) is 0 Å². The molecule has 0 aromatic heterocycles. The van der Waals surface area contributed by atoms with Crippen molar-refractivity contribution in [2.75, 3.05) is 24.6 Å². The van der Waals surface area contributed by atoms with Crippen LogP contribution in [0.15, 0.2) is 24.3 Å². The van der Waals surface area contributed by atoms with E-state index in [9.17, 15) is 4.79 Å². The summed E-state index contributed by atoms with van der Waals surface area (Å²) in [7, 11) is 0. The Morgan fingerprint density at radius 3 is 2.78 bits per heavy atom. The van der Waals surface area contributed by atoms with Gasteiger partial charge in [0.15, 0.2) is 6.61 Å². The molecule has 1 saturated carbocycles. The molecule has 1 aromatic rings. The van der Waals surface area contributed by atoms with Gasteiger partial charge in [-0.05, 0) is 25.0 Å². The first-order valence-corrected chi connectivity index (χ1v) is 6.37. The molecule has 1 saturated heterocycles. The predicted octanol–water partition coefficient (Wildman–Crippen LogP) is 2.14. The minimum atomic E-state index is -0.947. The van der Waals surface area contributed by atoms with Crippen molar-refractivity contribution >= 4 is 11.7 Å². The number of rotatable bonds is 4. The number of hydrogen-bond donors (Lipinski definition) is 1. The van der Waals surface area contributed by atoms with Crippen molar-refractivity contribution in [3.05, 3.63) is 24.3 Å². The quantitative estimate of drug-likeness (QED) is 0.885. The average molecular weight is 247 g/mol. The van der Waals surface area contributed by atoms with Crippen molar-refractivity contribution < 1.29 is 14.6 Å². The number of aliphatic carboxylic acids is 1. The first kappa shape index (κ1) is 11.4. The van der Waals surface area contributed by atoms with E-state index < -0.39 is 5.97 Å². The van der Waals surface area contributed by atoms with Gasteiger partial charge in [0.1, 0.15) is 5.75 Å². The zero-order chi connectivity index (χ0) is 12.6. The van der Waals surface area contributed by atoms with E-state index in [1.165, 1.54) is 19.3 Å². The van der Waals surface area contributed by atoms with Gasteiger partial charge in [-0.1, -0.05) is 12.5 Å². The summed E-state index contributed by atoms with van der Waals surface area (Å²) in [5.74, 6) is -0.317. The van der Waals surface area contributed by atoms with E-state index in [4.69, 9.17) is 9.84 Å². The largest absolute Gasteiger partial charge is 0.482 e. The highest BCUT2D eigenvalue weighted by molar-refractivity contribution is 5.68. The average Bonchev–Trinajstić information content (AvgIpc) is 2.23. The van der Waals surface area contributed by atoms with Gasteiger partial charge in [-0.15, -0.1) is 0 Å². The van der Waals surface area contributed by atoms with Gasteiger partial charge < -0.3 is 14.7 Å². The molecule has 96 valence electrons. The van der Waals surface area contributed by atoms with Crippen LogP contribution in [0, 0.1) is 5.41 Å². The molecule has 1 N–H and O–H groups in total. The van der Waals surface area contributed by atoms with E-state index in [0.717, 1.165) is 18.8 Å². The van der Waals surface area contributed by atoms with Crippen LogP contribution in [0.2, 0.25) is 0 Å². The van der Waals surface area contributed by atoms with Crippen LogP contribution in [0.1, 0.15) is 19.3 Å². The number of benzene rings is 1. The lowest BCUT2D eigenvalue weighted by atomic mass is 9.63. The van der Waals surface area contributed by atoms with E-state index in [0.29, 0.717) is 11.2 Å². The third kappa shape index (κ3) is 2.03. The van der Waals surface area contributed by atoms with Crippen molar-refractivity contribution in [2.45, 2.75) is 19.3 Å². The maximum atomic E-state index is 10.5. The molecule has 1 aliphatic carbocycles. The standard InChI is InChI=1S/C14H17NO3/c16-13(17)8-18-12-4-1-3-11(7-12)15-9-14(10-15)5-2-6-14/h1,3-4,7H,2,5-6,8-10H2,(H,16,17). The van der Waals surface area contributed by atoms with Crippen LogP contribution >= 0.6 is 0 Å². The SMILES string of the molecule is O=C(O)COc1cccc(N2CC3(CCC3)C2)c1. The summed E-state index contributed by atoms with van der Waals surface area (Å²) in [4.78, 5) is 12.8. The molecule has 0 unspecified atom stereocenters. The summed E-state index contributed by atoms with van der Waals surface area (Å²) in [5.41, 5.74) is 1.73. The second kappa shape index (κ2) is 4.19. The molecule has 0 atom stereocenters. The lowest BCUT2D eigenvalue weighted by molar-refractivity contribution is -0.139. The Hall–Kier alpha value is -1.71. The minimum absolute atomic E-state index is 0.284. The molecule has 2 aliphatic rings. The summed E-state index contributed by atoms with van der Waals surface area (Å²) in [6, 6.07) is 7.69. The molecular formula is C14H17NO3. The second-order valence-electron chi connectivity index (χ2n) is 5.39. The Labute approximate surface area is 106 Å². The van der Waals surface area contributed by atoms with E-state index in [-0.39, 0.29) is 6.61 Å². The lowest BCUT2D eigenvalue weighted by Gasteiger charge is -2.57. The number of ether oxygens (including phenoxy) is 1.